The van der Waals surface area contributed by atoms with Crippen LogP contribution in [-0.2, 0) is 32.6 Å². The minimum absolute atomic E-state index is 0.0209. The van der Waals surface area contributed by atoms with Crippen LogP contribution >= 0.6 is 23.2 Å². The van der Waals surface area contributed by atoms with Crippen molar-refractivity contribution in [1.82, 2.24) is 14.5 Å². The fraction of sp³-hybridized carbons (Fsp3) is 0.318. The third-order valence-electron chi connectivity index (χ3n) is 4.69. The molecule has 0 radical (unpaired) electrons. The highest BCUT2D eigenvalue weighted by Gasteiger charge is 2.32. The molecule has 0 saturated carbocycles. The maximum absolute atomic E-state index is 13.5. The molecule has 1 aromatic carbocycles. The number of imidazole rings is 1. The van der Waals surface area contributed by atoms with Crippen molar-refractivity contribution in [2.24, 2.45) is 0 Å². The molecule has 0 atom stereocenters. The molecule has 11 heteroatoms. The molecule has 0 aliphatic heterocycles. The largest absolute Gasteiger partial charge is 0.469 e. The number of nitrogens with zero attached hydrogens (tertiary/aromatic N) is 3. The van der Waals surface area contributed by atoms with E-state index in [9.17, 15) is 13.2 Å². The Labute approximate surface area is 202 Å². The molecular formula is C22H23Cl2N3O5S. The Bertz CT molecular complexity index is 1220. The fourth-order valence-electron chi connectivity index (χ4n) is 3.23. The summed E-state index contributed by atoms with van der Waals surface area (Å²) in [7, 11) is -3.05. The fourth-order valence-corrected chi connectivity index (χ4v) is 5.14. The van der Waals surface area contributed by atoms with E-state index < -0.39 is 16.1 Å². The molecule has 0 bridgehead atoms. The summed E-state index contributed by atoms with van der Waals surface area (Å²) < 4.78 is 38.7. The molecule has 0 saturated heterocycles. The lowest BCUT2D eigenvalue weighted by Crippen LogP contribution is -2.19. The van der Waals surface area contributed by atoms with Crippen molar-refractivity contribution in [1.29, 1.82) is 0 Å². The summed E-state index contributed by atoms with van der Waals surface area (Å²) in [6.45, 7) is 3.82. The minimum Gasteiger partial charge on any atom is -0.469 e. The number of esters is 1. The molecule has 2 heterocycles. The average molecular weight is 512 g/mol. The molecule has 0 unspecified atom stereocenters. The van der Waals surface area contributed by atoms with E-state index in [0.29, 0.717) is 11.5 Å². The van der Waals surface area contributed by atoms with E-state index in [-0.39, 0.29) is 46.1 Å². The van der Waals surface area contributed by atoms with E-state index in [1.165, 1.54) is 29.9 Å². The molecule has 0 aliphatic carbocycles. The molecular weight excluding hydrogens is 489 g/mol. The number of carbonyl (C=O) groups excluding carboxylic acids is 1. The number of carbonyl (C=O) groups is 1. The van der Waals surface area contributed by atoms with E-state index in [4.69, 9.17) is 32.1 Å². The van der Waals surface area contributed by atoms with Gasteiger partial charge in [-0.2, -0.15) is 8.42 Å². The van der Waals surface area contributed by atoms with Crippen LogP contribution in [0.4, 0.5) is 0 Å². The zero-order chi connectivity index (χ0) is 24.2. The summed E-state index contributed by atoms with van der Waals surface area (Å²) >= 11 is 12.0. The zero-order valence-corrected chi connectivity index (χ0v) is 20.6. The number of pyridine rings is 1. The van der Waals surface area contributed by atoms with Crippen molar-refractivity contribution in [2.75, 3.05) is 7.11 Å². The zero-order valence-electron chi connectivity index (χ0n) is 18.3. The van der Waals surface area contributed by atoms with Gasteiger partial charge in [-0.05, 0) is 23.6 Å². The van der Waals surface area contributed by atoms with E-state index in [1.54, 1.807) is 18.5 Å². The maximum atomic E-state index is 13.5. The van der Waals surface area contributed by atoms with Crippen LogP contribution in [0.2, 0.25) is 10.0 Å². The standard InChI is InChI=1S/C22H23Cl2N3O5S/c1-14(2)21-22(33(29,30)32-18-10-16(23)9-17(24)11-18)27(13-15-5-4-8-25-12-15)19(26-21)6-7-20(28)31-3/h4-5,8-12,14H,6-7,13H2,1-3H3. The van der Waals surface area contributed by atoms with Crippen molar-refractivity contribution in [3.63, 3.8) is 0 Å². The number of methoxy groups -OCH3 is 1. The molecule has 8 nitrogen and oxygen atoms in total. The number of hydrogen-bond donors (Lipinski definition) is 0. The number of halogens is 2. The predicted molar refractivity (Wildman–Crippen MR) is 124 cm³/mol. The molecule has 3 rings (SSSR count). The van der Waals surface area contributed by atoms with E-state index in [0.717, 1.165) is 5.56 Å². The quantitative estimate of drug-likeness (QED) is 0.304. The summed E-state index contributed by atoms with van der Waals surface area (Å²) in [5.41, 5.74) is 1.08. The lowest BCUT2D eigenvalue weighted by atomic mass is 10.1. The van der Waals surface area contributed by atoms with E-state index in [2.05, 4.69) is 9.97 Å². The van der Waals surface area contributed by atoms with Crippen molar-refractivity contribution >= 4 is 39.3 Å². The second kappa shape index (κ2) is 10.5. The molecule has 33 heavy (non-hydrogen) atoms. The van der Waals surface area contributed by atoms with Crippen LogP contribution < -0.4 is 4.18 Å². The van der Waals surface area contributed by atoms with Crippen LogP contribution in [0.5, 0.6) is 5.75 Å². The Morgan fingerprint density at radius 3 is 2.45 bits per heavy atom. The normalized spacial score (nSPS) is 11.6. The Kier molecular flexibility index (Phi) is 7.99. The highest BCUT2D eigenvalue weighted by Crippen LogP contribution is 2.31. The van der Waals surface area contributed by atoms with E-state index >= 15 is 0 Å². The lowest BCUT2D eigenvalue weighted by molar-refractivity contribution is -0.140. The minimum atomic E-state index is -4.35. The summed E-state index contributed by atoms with van der Waals surface area (Å²) in [5.74, 6) is -0.272. The number of hydrogen-bond acceptors (Lipinski definition) is 7. The molecule has 3 aromatic rings. The topological polar surface area (TPSA) is 100 Å². The number of benzene rings is 1. The molecule has 0 fully saturated rings. The number of aromatic nitrogens is 3. The van der Waals surface area contributed by atoms with Crippen LogP contribution in [0, 0.1) is 0 Å². The highest BCUT2D eigenvalue weighted by atomic mass is 35.5. The van der Waals surface area contributed by atoms with Gasteiger partial charge in [-0.3, -0.25) is 9.78 Å². The number of ether oxygens (including phenoxy) is 1. The van der Waals surface area contributed by atoms with E-state index in [1.807, 2.05) is 19.9 Å². The lowest BCUT2D eigenvalue weighted by Gasteiger charge is -2.15. The first-order valence-electron chi connectivity index (χ1n) is 10.1. The summed E-state index contributed by atoms with van der Waals surface area (Å²) in [4.78, 5) is 20.4. The van der Waals surface area contributed by atoms with Crippen LogP contribution in [0.15, 0.2) is 47.8 Å². The van der Waals surface area contributed by atoms with Crippen LogP contribution in [-0.4, -0.2) is 36.0 Å². The van der Waals surface area contributed by atoms with Gasteiger partial charge in [0.05, 0.1) is 25.8 Å². The SMILES string of the molecule is COC(=O)CCc1nc(C(C)C)c(S(=O)(=O)Oc2cc(Cl)cc(Cl)c2)n1Cc1cccnc1. The Morgan fingerprint density at radius 2 is 1.88 bits per heavy atom. The number of rotatable bonds is 9. The Morgan fingerprint density at radius 1 is 1.18 bits per heavy atom. The Balaban J connectivity index is 2.13. The first-order valence-corrected chi connectivity index (χ1v) is 12.2. The van der Waals surface area contributed by atoms with Gasteiger partial charge in [-0.15, -0.1) is 0 Å². The van der Waals surface area contributed by atoms with Crippen molar-refractivity contribution in [3.8, 4) is 5.75 Å². The third kappa shape index (κ3) is 6.25. The molecule has 176 valence electrons. The first-order chi connectivity index (χ1) is 15.6. The van der Waals surface area contributed by atoms with Gasteiger partial charge in [0.15, 0.2) is 5.03 Å². The molecule has 0 aliphatic rings. The smallest absolute Gasteiger partial charge is 0.357 e. The van der Waals surface area contributed by atoms with Crippen molar-refractivity contribution < 1.29 is 22.1 Å². The molecule has 0 spiro atoms. The third-order valence-corrected chi connectivity index (χ3v) is 6.45. The van der Waals surface area contributed by atoms with Gasteiger partial charge in [0, 0.05) is 41.0 Å². The Hall–Kier alpha value is -2.62. The van der Waals surface area contributed by atoms with Gasteiger partial charge < -0.3 is 13.5 Å². The maximum Gasteiger partial charge on any atom is 0.357 e. The van der Waals surface area contributed by atoms with Gasteiger partial charge in [0.25, 0.3) is 0 Å². The summed E-state index contributed by atoms with van der Waals surface area (Å²) in [5, 5.41) is 0.371. The average Bonchev–Trinajstić information content (AvgIpc) is 3.11. The molecule has 0 amide bonds. The highest BCUT2D eigenvalue weighted by molar-refractivity contribution is 7.87. The molecule has 0 N–H and O–H groups in total. The van der Waals surface area contributed by atoms with Gasteiger partial charge in [-0.25, -0.2) is 4.98 Å². The predicted octanol–water partition coefficient (Wildman–Crippen LogP) is 4.63. The molecule has 2 aromatic heterocycles. The van der Waals surface area contributed by atoms with Crippen molar-refractivity contribution in [3.05, 3.63) is 69.9 Å². The summed E-state index contributed by atoms with van der Waals surface area (Å²) in [6.07, 6.45) is 3.49. The van der Waals surface area contributed by atoms with Gasteiger partial charge in [-0.1, -0.05) is 43.1 Å². The van der Waals surface area contributed by atoms with Crippen LogP contribution in [0.3, 0.4) is 0 Å². The summed E-state index contributed by atoms with van der Waals surface area (Å²) in [6, 6.07) is 7.77. The first kappa shape index (κ1) is 25.0. The van der Waals surface area contributed by atoms with Crippen LogP contribution in [0.25, 0.3) is 0 Å². The second-order valence-electron chi connectivity index (χ2n) is 7.54. The van der Waals surface area contributed by atoms with Crippen molar-refractivity contribution in [2.45, 2.75) is 44.2 Å². The van der Waals surface area contributed by atoms with Gasteiger partial charge in [0.2, 0.25) is 0 Å². The number of aryl methyl sites for hydroxylation is 1. The van der Waals surface area contributed by atoms with Gasteiger partial charge >= 0.3 is 16.1 Å². The van der Waals surface area contributed by atoms with Gasteiger partial charge in [0.1, 0.15) is 11.6 Å². The second-order valence-corrected chi connectivity index (χ2v) is 9.87. The van der Waals surface area contributed by atoms with Crippen LogP contribution in [0.1, 0.15) is 43.3 Å². The monoisotopic (exact) mass is 511 g/mol.